The van der Waals surface area contributed by atoms with Crippen LogP contribution in [-0.2, 0) is 21.8 Å². The summed E-state index contributed by atoms with van der Waals surface area (Å²) in [6, 6.07) is 18.4. The van der Waals surface area contributed by atoms with Crippen LogP contribution in [-0.4, -0.2) is 56.5 Å². The fraction of sp³-hybridized carbons (Fsp3) is 0.393. The van der Waals surface area contributed by atoms with Gasteiger partial charge in [-0.15, -0.1) is 0 Å². The van der Waals surface area contributed by atoms with Crippen LogP contribution in [0.4, 0.5) is 5.69 Å². The highest BCUT2D eigenvalue weighted by molar-refractivity contribution is 7.94. The van der Waals surface area contributed by atoms with Gasteiger partial charge in [-0.2, -0.15) is 5.26 Å². The van der Waals surface area contributed by atoms with Gasteiger partial charge in [0.05, 0.1) is 13.2 Å². The monoisotopic (exact) mass is 522 g/mol. The molecule has 1 aromatic heterocycles. The summed E-state index contributed by atoms with van der Waals surface area (Å²) in [6.07, 6.45) is 0.230. The van der Waals surface area contributed by atoms with Gasteiger partial charge >= 0.3 is 0 Å². The molecule has 0 saturated carbocycles. The number of nitrogens with zero attached hydrogens (tertiary/aromatic N) is 3. The molecule has 0 unspecified atom stereocenters. The second-order valence-electron chi connectivity index (χ2n) is 10.0. The molecule has 0 atom stereocenters. The minimum absolute atomic E-state index is 0.165. The van der Waals surface area contributed by atoms with E-state index in [4.69, 9.17) is 4.74 Å². The van der Waals surface area contributed by atoms with Gasteiger partial charge in [-0.1, -0.05) is 18.2 Å². The molecule has 2 N–H and O–H groups in total. The van der Waals surface area contributed by atoms with E-state index in [0.717, 1.165) is 48.3 Å². The van der Waals surface area contributed by atoms with Crippen LogP contribution in [0, 0.1) is 11.3 Å². The number of rotatable bonds is 8. The number of hydrogen-bond acceptors (Lipinski definition) is 6. The number of ether oxygens (including phenoxy) is 1. The van der Waals surface area contributed by atoms with E-state index in [-0.39, 0.29) is 17.9 Å². The molecule has 9 heteroatoms. The van der Waals surface area contributed by atoms with E-state index < -0.39 is 15.6 Å². The number of fused-ring (bicyclic) bond motifs is 1. The number of aliphatic hydroxyl groups excluding tert-OH is 1. The smallest absolute Gasteiger partial charge is 0.251 e. The van der Waals surface area contributed by atoms with E-state index in [9.17, 15) is 18.8 Å². The Morgan fingerprint density at radius 2 is 1.78 bits per heavy atom. The van der Waals surface area contributed by atoms with E-state index in [1.807, 2.05) is 29.8 Å². The number of nitrogens with one attached hydrogen (secondary N) is 1. The largest absolute Gasteiger partial charge is 0.396 e. The minimum Gasteiger partial charge on any atom is -0.396 e. The maximum atomic E-state index is 13.1. The molecule has 0 radical (unpaired) electrons. The van der Waals surface area contributed by atoms with Crippen LogP contribution in [0.25, 0.3) is 27.6 Å². The molecule has 2 heterocycles. The van der Waals surface area contributed by atoms with Crippen molar-refractivity contribution < 1.29 is 18.3 Å². The van der Waals surface area contributed by atoms with Crippen LogP contribution in [0.1, 0.15) is 32.9 Å². The van der Waals surface area contributed by atoms with Crippen molar-refractivity contribution in [2.45, 2.75) is 32.7 Å². The number of morpholine rings is 1. The highest BCUT2D eigenvalue weighted by atomic mass is 32.2. The molecule has 1 fully saturated rings. The number of hydrogen-bond donors (Lipinski definition) is 2. The van der Waals surface area contributed by atoms with Gasteiger partial charge in [0.15, 0.2) is 4.91 Å². The molecule has 0 aliphatic carbocycles. The first-order chi connectivity index (χ1) is 17.6. The molecule has 1 saturated heterocycles. The van der Waals surface area contributed by atoms with Crippen molar-refractivity contribution in [3.05, 3.63) is 59.1 Å². The maximum absolute atomic E-state index is 13.1. The number of sulfonamides is 1. The van der Waals surface area contributed by atoms with E-state index in [0.29, 0.717) is 11.3 Å². The van der Waals surface area contributed by atoms with E-state index >= 15 is 0 Å². The zero-order chi connectivity index (χ0) is 26.8. The third-order valence-electron chi connectivity index (χ3n) is 6.86. The molecular formula is C28H34N4O4S. The summed E-state index contributed by atoms with van der Waals surface area (Å²) >= 11 is 0. The van der Waals surface area contributed by atoms with Gasteiger partial charge in [-0.3, -0.25) is 0 Å². The Labute approximate surface area is 218 Å². The number of benzene rings is 2. The van der Waals surface area contributed by atoms with Crippen molar-refractivity contribution in [2.75, 3.05) is 37.8 Å². The Morgan fingerprint density at radius 3 is 2.46 bits per heavy atom. The third kappa shape index (κ3) is 5.73. The lowest BCUT2D eigenvalue weighted by Gasteiger charge is -2.29. The highest BCUT2D eigenvalue weighted by Crippen LogP contribution is 2.31. The molecule has 0 spiro atoms. The molecule has 3 aromatic rings. The van der Waals surface area contributed by atoms with Crippen molar-refractivity contribution in [2.24, 2.45) is 7.05 Å². The van der Waals surface area contributed by atoms with E-state index in [1.165, 1.54) is 5.69 Å². The molecule has 4 rings (SSSR count). The van der Waals surface area contributed by atoms with Crippen molar-refractivity contribution >= 4 is 32.1 Å². The molecule has 196 valence electrons. The van der Waals surface area contributed by atoms with Gasteiger partial charge in [-0.05, 0) is 73.9 Å². The van der Waals surface area contributed by atoms with Gasteiger partial charge in [-0.25, -0.2) is 13.1 Å². The minimum atomic E-state index is -4.08. The van der Waals surface area contributed by atoms with Gasteiger partial charge in [0, 0.05) is 54.9 Å². The second-order valence-corrected chi connectivity index (χ2v) is 11.7. The van der Waals surface area contributed by atoms with Gasteiger partial charge < -0.3 is 19.3 Å². The summed E-state index contributed by atoms with van der Waals surface area (Å²) in [6.45, 7) is 8.09. The van der Waals surface area contributed by atoms with E-state index in [2.05, 4.69) is 46.0 Å². The Morgan fingerprint density at radius 1 is 1.11 bits per heavy atom. The maximum Gasteiger partial charge on any atom is 0.251 e. The van der Waals surface area contributed by atoms with Crippen LogP contribution in [0.5, 0.6) is 0 Å². The predicted octanol–water partition coefficient (Wildman–Crippen LogP) is 4.02. The fourth-order valence-corrected chi connectivity index (χ4v) is 6.35. The summed E-state index contributed by atoms with van der Waals surface area (Å²) in [5.41, 5.74) is 3.21. The summed E-state index contributed by atoms with van der Waals surface area (Å²) in [5, 5.41) is 21.3. The predicted molar refractivity (Wildman–Crippen MR) is 147 cm³/mol. The number of nitriles is 1. The second kappa shape index (κ2) is 10.7. The first-order valence-corrected chi connectivity index (χ1v) is 13.8. The first kappa shape index (κ1) is 26.9. The molecule has 0 bridgehead atoms. The standard InChI is InChI=1S/C28H34N4O4S/c1-20(27(19-29)37(34,35)30-28(2,3)11-14-33)25-9-10-26(31(25)4)23-6-5-22-18-24(8-7-21(22)17-23)32-12-15-36-16-13-32/h5-10,17-18,30,33H,11-16H2,1-4H3/b27-20+. The summed E-state index contributed by atoms with van der Waals surface area (Å²) in [7, 11) is -2.22. The number of allylic oxidation sites excluding steroid dienone is 2. The number of anilines is 1. The summed E-state index contributed by atoms with van der Waals surface area (Å²) < 4.78 is 36.0. The quantitative estimate of drug-likeness (QED) is 0.433. The Bertz CT molecular complexity index is 1480. The topological polar surface area (TPSA) is 108 Å². The van der Waals surface area contributed by atoms with Gasteiger partial charge in [0.25, 0.3) is 10.0 Å². The van der Waals surface area contributed by atoms with Crippen LogP contribution in [0.2, 0.25) is 0 Å². The van der Waals surface area contributed by atoms with Crippen LogP contribution in [0.3, 0.4) is 0 Å². The Kier molecular flexibility index (Phi) is 7.76. The highest BCUT2D eigenvalue weighted by Gasteiger charge is 2.29. The molecule has 37 heavy (non-hydrogen) atoms. The van der Waals surface area contributed by atoms with Crippen molar-refractivity contribution in [1.82, 2.24) is 9.29 Å². The zero-order valence-electron chi connectivity index (χ0n) is 21.8. The number of aromatic nitrogens is 1. The van der Waals surface area contributed by atoms with Crippen molar-refractivity contribution in [3.63, 3.8) is 0 Å². The SMILES string of the molecule is C/C(=C(/C#N)S(=O)(=O)NC(C)(C)CCO)c1ccc(-c2ccc3cc(N4CCOCC4)ccc3c2)n1C. The molecule has 1 aliphatic heterocycles. The molecular weight excluding hydrogens is 488 g/mol. The summed E-state index contributed by atoms with van der Waals surface area (Å²) in [5.74, 6) is 0. The van der Waals surface area contributed by atoms with Crippen LogP contribution < -0.4 is 9.62 Å². The Hall–Kier alpha value is -3.16. The van der Waals surface area contributed by atoms with Crippen molar-refractivity contribution in [3.8, 4) is 17.3 Å². The van der Waals surface area contributed by atoms with Gasteiger partial charge in [0.1, 0.15) is 6.07 Å². The lowest BCUT2D eigenvalue weighted by Crippen LogP contribution is -2.44. The lowest BCUT2D eigenvalue weighted by molar-refractivity contribution is 0.122. The van der Waals surface area contributed by atoms with Crippen LogP contribution in [0.15, 0.2) is 53.4 Å². The van der Waals surface area contributed by atoms with Gasteiger partial charge in [0.2, 0.25) is 0 Å². The third-order valence-corrected chi connectivity index (χ3v) is 8.62. The molecule has 0 amide bonds. The zero-order valence-corrected chi connectivity index (χ0v) is 22.6. The van der Waals surface area contributed by atoms with Crippen LogP contribution >= 0.6 is 0 Å². The average molecular weight is 523 g/mol. The van der Waals surface area contributed by atoms with Crippen molar-refractivity contribution in [1.29, 1.82) is 5.26 Å². The normalized spacial score (nSPS) is 15.5. The molecule has 1 aliphatic rings. The molecule has 8 nitrogen and oxygen atoms in total. The summed E-state index contributed by atoms with van der Waals surface area (Å²) in [4.78, 5) is 2.00. The average Bonchev–Trinajstić information content (AvgIpc) is 3.24. The number of aliphatic hydroxyl groups is 1. The molecule has 2 aromatic carbocycles. The first-order valence-electron chi connectivity index (χ1n) is 12.3. The van der Waals surface area contributed by atoms with E-state index in [1.54, 1.807) is 20.8 Å². The fourth-order valence-electron chi connectivity index (χ4n) is 4.80. The lowest BCUT2D eigenvalue weighted by atomic mass is 10.0. The Balaban J connectivity index is 1.66.